The molecule has 1 heteroatoms. The van der Waals surface area contributed by atoms with Crippen molar-refractivity contribution >= 4 is 22.6 Å². The highest BCUT2D eigenvalue weighted by Gasteiger charge is 2.19. The molecule has 0 aliphatic heterocycles. The van der Waals surface area contributed by atoms with Crippen LogP contribution in [0.5, 0.6) is 0 Å². The highest BCUT2D eigenvalue weighted by Crippen LogP contribution is 2.30. The molecule has 0 amide bonds. The average Bonchev–Trinajstić information content (AvgIpc) is 1.94. The molecule has 1 aliphatic carbocycles. The lowest BCUT2D eigenvalue weighted by molar-refractivity contribution is 0.515. The fraction of sp³-hybridized carbons (Fsp3) is 0.600. The van der Waals surface area contributed by atoms with Gasteiger partial charge in [-0.3, -0.25) is 0 Å². The van der Waals surface area contributed by atoms with E-state index in [1.807, 2.05) is 0 Å². The summed E-state index contributed by atoms with van der Waals surface area (Å²) in [6, 6.07) is 0. The van der Waals surface area contributed by atoms with Crippen molar-refractivity contribution in [1.82, 2.24) is 0 Å². The minimum Gasteiger partial charge on any atom is -0.0811 e. The summed E-state index contributed by atoms with van der Waals surface area (Å²) in [5, 5.41) is 0. The SMILES string of the molecule is CC(I)C1=CC=CC(C)C1C. The normalized spacial score (nSPS) is 33.3. The first-order valence-corrected chi connectivity index (χ1v) is 5.40. The van der Waals surface area contributed by atoms with Crippen LogP contribution in [0.4, 0.5) is 0 Å². The first-order chi connectivity index (χ1) is 5.13. The van der Waals surface area contributed by atoms with Gasteiger partial charge in [0, 0.05) is 3.92 Å². The van der Waals surface area contributed by atoms with Gasteiger partial charge in [-0.15, -0.1) is 0 Å². The Hall–Kier alpha value is 0.210. The van der Waals surface area contributed by atoms with Crippen molar-refractivity contribution < 1.29 is 0 Å². The van der Waals surface area contributed by atoms with Crippen LogP contribution in [-0.2, 0) is 0 Å². The summed E-state index contributed by atoms with van der Waals surface area (Å²) in [5.41, 5.74) is 1.58. The summed E-state index contributed by atoms with van der Waals surface area (Å²) in [7, 11) is 0. The Kier molecular flexibility index (Phi) is 3.16. The topological polar surface area (TPSA) is 0 Å². The molecule has 11 heavy (non-hydrogen) atoms. The quantitative estimate of drug-likeness (QED) is 0.500. The van der Waals surface area contributed by atoms with Crippen molar-refractivity contribution in [2.75, 3.05) is 0 Å². The van der Waals surface area contributed by atoms with Crippen molar-refractivity contribution in [3.05, 3.63) is 23.8 Å². The highest BCUT2D eigenvalue weighted by atomic mass is 127. The number of rotatable bonds is 1. The second-order valence-corrected chi connectivity index (χ2v) is 5.18. The van der Waals surface area contributed by atoms with Crippen molar-refractivity contribution in [3.8, 4) is 0 Å². The molecule has 0 radical (unpaired) electrons. The van der Waals surface area contributed by atoms with Crippen LogP contribution in [-0.4, -0.2) is 3.92 Å². The minimum absolute atomic E-state index is 0.676. The van der Waals surface area contributed by atoms with Crippen molar-refractivity contribution in [2.45, 2.75) is 24.7 Å². The Bertz CT molecular complexity index is 189. The number of alkyl halides is 1. The summed E-state index contributed by atoms with van der Waals surface area (Å²) in [4.78, 5) is 0. The second-order valence-electron chi connectivity index (χ2n) is 3.32. The van der Waals surface area contributed by atoms with Crippen molar-refractivity contribution in [3.63, 3.8) is 0 Å². The van der Waals surface area contributed by atoms with E-state index in [2.05, 4.69) is 61.6 Å². The molecule has 0 heterocycles. The van der Waals surface area contributed by atoms with E-state index >= 15 is 0 Å². The lowest BCUT2D eigenvalue weighted by Crippen LogP contribution is -2.16. The maximum atomic E-state index is 2.48. The van der Waals surface area contributed by atoms with Crippen LogP contribution < -0.4 is 0 Å². The van der Waals surface area contributed by atoms with Crippen LogP contribution in [0.25, 0.3) is 0 Å². The molecule has 0 saturated carbocycles. The molecule has 1 rings (SSSR count). The first kappa shape index (κ1) is 9.30. The molecule has 0 spiro atoms. The van der Waals surface area contributed by atoms with Gasteiger partial charge in [0.2, 0.25) is 0 Å². The van der Waals surface area contributed by atoms with Gasteiger partial charge in [-0.25, -0.2) is 0 Å². The van der Waals surface area contributed by atoms with Gasteiger partial charge in [0.25, 0.3) is 0 Å². The second kappa shape index (κ2) is 3.74. The van der Waals surface area contributed by atoms with Gasteiger partial charge in [0.05, 0.1) is 0 Å². The van der Waals surface area contributed by atoms with E-state index in [0.29, 0.717) is 9.84 Å². The molecule has 0 aromatic heterocycles. The third-order valence-corrected chi connectivity index (χ3v) is 3.20. The maximum absolute atomic E-state index is 2.48. The fourth-order valence-corrected chi connectivity index (χ4v) is 2.23. The van der Waals surface area contributed by atoms with Crippen LogP contribution >= 0.6 is 22.6 Å². The lowest BCUT2D eigenvalue weighted by atomic mass is 9.84. The van der Waals surface area contributed by atoms with Crippen LogP contribution in [0, 0.1) is 11.8 Å². The van der Waals surface area contributed by atoms with E-state index < -0.39 is 0 Å². The summed E-state index contributed by atoms with van der Waals surface area (Å²) in [6.07, 6.45) is 6.74. The lowest BCUT2D eigenvalue weighted by Gasteiger charge is -2.25. The Balaban J connectivity index is 2.78. The largest absolute Gasteiger partial charge is 0.0811 e. The third kappa shape index (κ3) is 2.08. The van der Waals surface area contributed by atoms with Gasteiger partial charge in [-0.2, -0.15) is 0 Å². The van der Waals surface area contributed by atoms with Gasteiger partial charge in [-0.05, 0) is 18.8 Å². The van der Waals surface area contributed by atoms with Gasteiger partial charge < -0.3 is 0 Å². The number of hydrogen-bond acceptors (Lipinski definition) is 0. The standard InChI is InChI=1S/C10H15I/c1-7-5-4-6-10(8(7)2)9(3)11/h4-9H,1-3H3. The molecule has 0 aromatic rings. The molecule has 0 N–H and O–H groups in total. The zero-order valence-corrected chi connectivity index (χ0v) is 9.50. The summed E-state index contributed by atoms with van der Waals surface area (Å²) < 4.78 is 0.676. The number of allylic oxidation sites excluding steroid dienone is 4. The molecule has 62 valence electrons. The smallest absolute Gasteiger partial charge is 0.0296 e. The molecule has 0 fully saturated rings. The van der Waals surface area contributed by atoms with Crippen molar-refractivity contribution in [2.24, 2.45) is 11.8 Å². The van der Waals surface area contributed by atoms with Crippen LogP contribution in [0.2, 0.25) is 0 Å². The Labute approximate surface area is 82.9 Å². The maximum Gasteiger partial charge on any atom is 0.0296 e. The Morgan fingerprint density at radius 3 is 2.55 bits per heavy atom. The van der Waals surface area contributed by atoms with Gasteiger partial charge >= 0.3 is 0 Å². The molecular formula is C10H15I. The van der Waals surface area contributed by atoms with E-state index in [9.17, 15) is 0 Å². The van der Waals surface area contributed by atoms with Crippen LogP contribution in [0.1, 0.15) is 20.8 Å². The Morgan fingerprint density at radius 2 is 2.09 bits per heavy atom. The van der Waals surface area contributed by atoms with Crippen LogP contribution in [0.3, 0.4) is 0 Å². The fourth-order valence-electron chi connectivity index (χ4n) is 1.46. The molecule has 3 atom stereocenters. The zero-order valence-electron chi connectivity index (χ0n) is 7.34. The summed E-state index contributed by atoms with van der Waals surface area (Å²) >= 11 is 2.48. The molecule has 1 aliphatic rings. The van der Waals surface area contributed by atoms with Crippen LogP contribution in [0.15, 0.2) is 23.8 Å². The molecule has 0 saturated heterocycles. The predicted molar refractivity (Wildman–Crippen MR) is 59.0 cm³/mol. The average molecular weight is 262 g/mol. The molecule has 0 nitrogen and oxygen atoms in total. The third-order valence-electron chi connectivity index (χ3n) is 2.48. The summed E-state index contributed by atoms with van der Waals surface area (Å²) in [6.45, 7) is 6.86. The molecule has 0 aromatic carbocycles. The molecule has 0 bridgehead atoms. The van der Waals surface area contributed by atoms with E-state index in [0.717, 1.165) is 5.92 Å². The number of halogens is 1. The molecule has 3 unspecified atom stereocenters. The molecular weight excluding hydrogens is 247 g/mol. The van der Waals surface area contributed by atoms with Gasteiger partial charge in [0.15, 0.2) is 0 Å². The number of hydrogen-bond donors (Lipinski definition) is 0. The van der Waals surface area contributed by atoms with Gasteiger partial charge in [-0.1, -0.05) is 60.2 Å². The van der Waals surface area contributed by atoms with E-state index in [1.165, 1.54) is 0 Å². The zero-order chi connectivity index (χ0) is 8.43. The summed E-state index contributed by atoms with van der Waals surface area (Å²) in [5.74, 6) is 1.44. The monoisotopic (exact) mass is 262 g/mol. The first-order valence-electron chi connectivity index (χ1n) is 4.15. The Morgan fingerprint density at radius 1 is 1.45 bits per heavy atom. The van der Waals surface area contributed by atoms with E-state index in [4.69, 9.17) is 0 Å². The van der Waals surface area contributed by atoms with E-state index in [-0.39, 0.29) is 0 Å². The van der Waals surface area contributed by atoms with E-state index in [1.54, 1.807) is 5.57 Å². The minimum atomic E-state index is 0.676. The predicted octanol–water partition coefficient (Wildman–Crippen LogP) is 3.58. The van der Waals surface area contributed by atoms with Crippen molar-refractivity contribution in [1.29, 1.82) is 0 Å². The van der Waals surface area contributed by atoms with Gasteiger partial charge in [0.1, 0.15) is 0 Å². The highest BCUT2D eigenvalue weighted by molar-refractivity contribution is 14.1.